The van der Waals surface area contributed by atoms with Gasteiger partial charge in [-0.15, -0.1) is 0 Å². The molecule has 2 aromatic carbocycles. The molecule has 0 saturated heterocycles. The van der Waals surface area contributed by atoms with E-state index in [1.165, 1.54) is 13.3 Å². The SMILES string of the molecule is COc1cc(C=NNC(=O)CC(=O)Nc2ccc(C)cc2)cc(I)c1O. The molecular weight excluding hydrogens is 449 g/mol. The van der Waals surface area contributed by atoms with E-state index in [4.69, 9.17) is 4.74 Å². The number of phenols is 1. The molecule has 0 aliphatic carbocycles. The zero-order chi connectivity index (χ0) is 19.1. The minimum absolute atomic E-state index is 0.0436. The first-order valence-electron chi connectivity index (χ1n) is 7.64. The Morgan fingerprint density at radius 3 is 2.58 bits per heavy atom. The first-order chi connectivity index (χ1) is 12.4. The molecule has 0 bridgehead atoms. The highest BCUT2D eigenvalue weighted by Gasteiger charge is 2.10. The van der Waals surface area contributed by atoms with E-state index in [9.17, 15) is 14.7 Å². The number of carbonyl (C=O) groups excluding carboxylic acids is 2. The summed E-state index contributed by atoms with van der Waals surface area (Å²) in [6.07, 6.45) is 1.06. The van der Waals surface area contributed by atoms with Gasteiger partial charge in [-0.05, 0) is 59.3 Å². The number of nitrogens with one attached hydrogen (secondary N) is 2. The Bertz CT molecular complexity index is 835. The number of phenolic OH excluding ortho intramolecular Hbond substituents is 1. The molecule has 0 aliphatic rings. The van der Waals surface area contributed by atoms with Crippen molar-refractivity contribution < 1.29 is 19.4 Å². The lowest BCUT2D eigenvalue weighted by Gasteiger charge is -2.06. The molecule has 0 fully saturated rings. The molecule has 3 N–H and O–H groups in total. The van der Waals surface area contributed by atoms with Crippen LogP contribution in [0.1, 0.15) is 17.5 Å². The molecule has 136 valence electrons. The predicted molar refractivity (Wildman–Crippen MR) is 108 cm³/mol. The molecule has 0 aromatic heterocycles. The summed E-state index contributed by atoms with van der Waals surface area (Å²) in [4.78, 5) is 23.6. The number of carbonyl (C=O) groups is 2. The Morgan fingerprint density at radius 1 is 1.23 bits per heavy atom. The van der Waals surface area contributed by atoms with Gasteiger partial charge in [-0.25, -0.2) is 5.43 Å². The van der Waals surface area contributed by atoms with Crippen LogP contribution in [-0.2, 0) is 9.59 Å². The third kappa shape index (κ3) is 5.73. The maximum Gasteiger partial charge on any atom is 0.249 e. The van der Waals surface area contributed by atoms with E-state index < -0.39 is 11.8 Å². The molecule has 8 heteroatoms. The number of hydrogen-bond donors (Lipinski definition) is 3. The zero-order valence-corrected chi connectivity index (χ0v) is 16.4. The number of nitrogens with zero attached hydrogens (tertiary/aromatic N) is 1. The molecular formula is C18H18IN3O4. The molecule has 0 aliphatic heterocycles. The molecule has 0 heterocycles. The summed E-state index contributed by atoms with van der Waals surface area (Å²) in [5.74, 6) is -0.613. The second kappa shape index (κ2) is 9.18. The average molecular weight is 467 g/mol. The van der Waals surface area contributed by atoms with Crippen molar-refractivity contribution in [2.45, 2.75) is 13.3 Å². The fraction of sp³-hybridized carbons (Fsp3) is 0.167. The Labute approximate surface area is 164 Å². The lowest BCUT2D eigenvalue weighted by atomic mass is 10.2. The predicted octanol–water partition coefficient (Wildman–Crippen LogP) is 2.79. The van der Waals surface area contributed by atoms with Gasteiger partial charge < -0.3 is 15.2 Å². The van der Waals surface area contributed by atoms with Crippen LogP contribution in [0, 0.1) is 10.5 Å². The number of halogens is 1. The van der Waals surface area contributed by atoms with Gasteiger partial charge in [-0.2, -0.15) is 5.10 Å². The molecule has 2 aromatic rings. The first-order valence-corrected chi connectivity index (χ1v) is 8.72. The minimum atomic E-state index is -0.536. The number of methoxy groups -OCH3 is 1. The fourth-order valence-corrected chi connectivity index (χ4v) is 2.66. The maximum absolute atomic E-state index is 11.8. The average Bonchev–Trinajstić information content (AvgIpc) is 2.59. The van der Waals surface area contributed by atoms with Crippen LogP contribution in [0.2, 0.25) is 0 Å². The van der Waals surface area contributed by atoms with Crippen molar-refractivity contribution in [1.82, 2.24) is 5.43 Å². The normalized spacial score (nSPS) is 10.6. The first kappa shape index (κ1) is 19.7. The molecule has 2 amide bonds. The van der Waals surface area contributed by atoms with Crippen LogP contribution in [0.4, 0.5) is 5.69 Å². The Morgan fingerprint density at radius 2 is 1.92 bits per heavy atom. The number of hydrogen-bond acceptors (Lipinski definition) is 5. The lowest BCUT2D eigenvalue weighted by molar-refractivity contribution is -0.126. The molecule has 0 saturated carbocycles. The van der Waals surface area contributed by atoms with Gasteiger partial charge in [-0.1, -0.05) is 17.7 Å². The summed E-state index contributed by atoms with van der Waals surface area (Å²) in [5, 5.41) is 16.2. The van der Waals surface area contributed by atoms with Gasteiger partial charge in [0.05, 0.1) is 16.9 Å². The number of benzene rings is 2. The minimum Gasteiger partial charge on any atom is -0.504 e. The van der Waals surface area contributed by atoms with Crippen molar-refractivity contribution >= 4 is 46.3 Å². The number of amides is 2. The number of hydrazone groups is 1. The van der Waals surface area contributed by atoms with Crippen molar-refractivity contribution in [3.05, 3.63) is 51.1 Å². The summed E-state index contributed by atoms with van der Waals surface area (Å²) in [6, 6.07) is 10.5. The molecule has 26 heavy (non-hydrogen) atoms. The van der Waals surface area contributed by atoms with Crippen LogP contribution in [-0.4, -0.2) is 30.2 Å². The highest BCUT2D eigenvalue weighted by atomic mass is 127. The van der Waals surface area contributed by atoms with Crippen molar-refractivity contribution in [3.8, 4) is 11.5 Å². The maximum atomic E-state index is 11.8. The second-order valence-corrected chi connectivity index (χ2v) is 6.60. The third-order valence-electron chi connectivity index (χ3n) is 3.33. The number of rotatable bonds is 6. The summed E-state index contributed by atoms with van der Waals surface area (Å²) in [6.45, 7) is 1.95. The van der Waals surface area contributed by atoms with Crippen LogP contribution >= 0.6 is 22.6 Å². The standard InChI is InChI=1S/C18H18IN3O4/c1-11-3-5-13(6-4-11)21-16(23)9-17(24)22-20-10-12-7-14(19)18(25)15(8-12)26-2/h3-8,10,25H,9H2,1-2H3,(H,21,23)(H,22,24). The summed E-state index contributed by atoms with van der Waals surface area (Å²) in [5.41, 5.74) is 4.63. The number of ether oxygens (including phenoxy) is 1. The molecule has 2 rings (SSSR count). The van der Waals surface area contributed by atoms with Crippen LogP contribution in [0.15, 0.2) is 41.5 Å². The summed E-state index contributed by atoms with van der Waals surface area (Å²) >= 11 is 1.96. The summed E-state index contributed by atoms with van der Waals surface area (Å²) in [7, 11) is 1.44. The van der Waals surface area contributed by atoms with Crippen LogP contribution in [0.25, 0.3) is 0 Å². The Kier molecular flexibility index (Phi) is 6.96. The number of aryl methyl sites for hydroxylation is 1. The van der Waals surface area contributed by atoms with Gasteiger partial charge in [0.25, 0.3) is 0 Å². The van der Waals surface area contributed by atoms with Crippen molar-refractivity contribution in [3.63, 3.8) is 0 Å². The Balaban J connectivity index is 1.88. The van der Waals surface area contributed by atoms with E-state index in [1.54, 1.807) is 24.3 Å². The van der Waals surface area contributed by atoms with Crippen LogP contribution < -0.4 is 15.5 Å². The van der Waals surface area contributed by atoms with Gasteiger partial charge in [0, 0.05) is 5.69 Å². The Hall–Kier alpha value is -2.62. The molecule has 7 nitrogen and oxygen atoms in total. The van der Waals surface area contributed by atoms with Crippen LogP contribution in [0.3, 0.4) is 0 Å². The molecule has 0 radical (unpaired) electrons. The quantitative estimate of drug-likeness (QED) is 0.263. The molecule has 0 atom stereocenters. The summed E-state index contributed by atoms with van der Waals surface area (Å²) < 4.78 is 5.64. The van der Waals surface area contributed by atoms with E-state index in [2.05, 4.69) is 15.8 Å². The monoisotopic (exact) mass is 467 g/mol. The number of aromatic hydroxyl groups is 1. The molecule has 0 spiro atoms. The smallest absolute Gasteiger partial charge is 0.249 e. The topological polar surface area (TPSA) is 100 Å². The van der Waals surface area contributed by atoms with E-state index in [0.29, 0.717) is 20.6 Å². The lowest BCUT2D eigenvalue weighted by Crippen LogP contribution is -2.24. The highest BCUT2D eigenvalue weighted by molar-refractivity contribution is 14.1. The largest absolute Gasteiger partial charge is 0.504 e. The van der Waals surface area contributed by atoms with Crippen molar-refractivity contribution in [1.29, 1.82) is 0 Å². The van der Waals surface area contributed by atoms with E-state index in [1.807, 2.05) is 41.6 Å². The zero-order valence-electron chi connectivity index (χ0n) is 14.2. The van der Waals surface area contributed by atoms with E-state index >= 15 is 0 Å². The van der Waals surface area contributed by atoms with E-state index in [-0.39, 0.29) is 12.2 Å². The highest BCUT2D eigenvalue weighted by Crippen LogP contribution is 2.31. The van der Waals surface area contributed by atoms with Gasteiger partial charge in [-0.3, -0.25) is 9.59 Å². The van der Waals surface area contributed by atoms with E-state index in [0.717, 1.165) is 5.56 Å². The van der Waals surface area contributed by atoms with Crippen LogP contribution in [0.5, 0.6) is 11.5 Å². The van der Waals surface area contributed by atoms with Gasteiger partial charge in [0.1, 0.15) is 6.42 Å². The van der Waals surface area contributed by atoms with Gasteiger partial charge in [0.2, 0.25) is 11.8 Å². The van der Waals surface area contributed by atoms with Gasteiger partial charge in [0.15, 0.2) is 11.5 Å². The third-order valence-corrected chi connectivity index (χ3v) is 4.15. The van der Waals surface area contributed by atoms with Crippen molar-refractivity contribution in [2.75, 3.05) is 12.4 Å². The number of anilines is 1. The molecule has 0 unspecified atom stereocenters. The van der Waals surface area contributed by atoms with Gasteiger partial charge >= 0.3 is 0 Å². The van der Waals surface area contributed by atoms with Crippen molar-refractivity contribution in [2.24, 2.45) is 5.10 Å². The second-order valence-electron chi connectivity index (χ2n) is 5.44. The fourth-order valence-electron chi connectivity index (χ4n) is 2.03.